The van der Waals surface area contributed by atoms with Crippen LogP contribution in [0.2, 0.25) is 0 Å². The van der Waals surface area contributed by atoms with Gasteiger partial charge < -0.3 is 20.7 Å². The van der Waals surface area contributed by atoms with Crippen molar-refractivity contribution in [2.24, 2.45) is 4.99 Å². The zero-order valence-corrected chi connectivity index (χ0v) is 18.3. The van der Waals surface area contributed by atoms with Gasteiger partial charge >= 0.3 is 0 Å². The van der Waals surface area contributed by atoms with Crippen LogP contribution in [-0.4, -0.2) is 68.6 Å². The number of aromatic nitrogens is 1. The molecule has 2 aromatic rings. The van der Waals surface area contributed by atoms with Gasteiger partial charge in [-0.3, -0.25) is 19.7 Å². The number of aliphatic imine (C=N–C) groups is 1. The summed E-state index contributed by atoms with van der Waals surface area (Å²) in [6.07, 6.45) is 5.66. The van der Waals surface area contributed by atoms with E-state index in [0.29, 0.717) is 24.6 Å². The average molecular weight is 425 g/mol. The highest BCUT2D eigenvalue weighted by molar-refractivity contribution is 5.93. The maximum absolute atomic E-state index is 12.1. The summed E-state index contributed by atoms with van der Waals surface area (Å²) in [4.78, 5) is 22.9. The number of methoxy groups -OCH3 is 1. The highest BCUT2D eigenvalue weighted by atomic mass is 16.5. The van der Waals surface area contributed by atoms with Gasteiger partial charge in [0, 0.05) is 39.1 Å². The Hall–Kier alpha value is -3.13. The molecule has 0 bridgehead atoms. The normalized spacial score (nSPS) is 15.4. The number of ether oxygens (including phenoxy) is 1. The Labute approximate surface area is 184 Å². The minimum absolute atomic E-state index is 0.134. The lowest BCUT2D eigenvalue weighted by Crippen LogP contribution is -2.44. The fourth-order valence-corrected chi connectivity index (χ4v) is 3.73. The second-order valence-electron chi connectivity index (χ2n) is 7.41. The Morgan fingerprint density at radius 3 is 2.68 bits per heavy atom. The van der Waals surface area contributed by atoms with Gasteiger partial charge in [-0.2, -0.15) is 0 Å². The highest BCUT2D eigenvalue weighted by Crippen LogP contribution is 2.27. The topological polar surface area (TPSA) is 90.9 Å². The lowest BCUT2D eigenvalue weighted by atomic mass is 10.1. The lowest BCUT2D eigenvalue weighted by molar-refractivity contribution is 0.0954. The predicted octanol–water partition coefficient (Wildman–Crippen LogP) is 1.82. The van der Waals surface area contributed by atoms with Gasteiger partial charge in [-0.1, -0.05) is 12.1 Å². The minimum atomic E-state index is -0.134. The van der Waals surface area contributed by atoms with Crippen LogP contribution in [0.25, 0.3) is 0 Å². The van der Waals surface area contributed by atoms with Crippen LogP contribution in [0, 0.1) is 0 Å². The van der Waals surface area contributed by atoms with Crippen molar-refractivity contribution in [2.75, 3.05) is 46.9 Å². The molecule has 1 amide bonds. The molecule has 1 saturated heterocycles. The van der Waals surface area contributed by atoms with Gasteiger partial charge in [0.15, 0.2) is 5.96 Å². The van der Waals surface area contributed by atoms with Crippen LogP contribution >= 0.6 is 0 Å². The van der Waals surface area contributed by atoms with Crippen molar-refractivity contribution < 1.29 is 9.53 Å². The second kappa shape index (κ2) is 11.9. The fraction of sp³-hybridized carbons (Fsp3) is 0.435. The monoisotopic (exact) mass is 424 g/mol. The van der Waals surface area contributed by atoms with Crippen LogP contribution in [0.1, 0.15) is 34.8 Å². The van der Waals surface area contributed by atoms with Crippen molar-refractivity contribution in [1.29, 1.82) is 0 Å². The predicted molar refractivity (Wildman–Crippen MR) is 122 cm³/mol. The summed E-state index contributed by atoms with van der Waals surface area (Å²) >= 11 is 0. The maximum atomic E-state index is 12.1. The highest BCUT2D eigenvalue weighted by Gasteiger charge is 2.24. The molecule has 1 atom stereocenters. The van der Waals surface area contributed by atoms with Gasteiger partial charge in [0.25, 0.3) is 5.91 Å². The van der Waals surface area contributed by atoms with E-state index in [1.807, 2.05) is 12.1 Å². The van der Waals surface area contributed by atoms with Crippen LogP contribution in [0.3, 0.4) is 0 Å². The Morgan fingerprint density at radius 2 is 1.97 bits per heavy atom. The Balaban J connectivity index is 1.50. The van der Waals surface area contributed by atoms with Gasteiger partial charge in [-0.25, -0.2) is 0 Å². The van der Waals surface area contributed by atoms with E-state index >= 15 is 0 Å². The quantitative estimate of drug-likeness (QED) is 0.323. The van der Waals surface area contributed by atoms with Gasteiger partial charge in [0.1, 0.15) is 5.75 Å². The van der Waals surface area contributed by atoms with E-state index in [4.69, 9.17) is 4.74 Å². The molecule has 0 aliphatic carbocycles. The summed E-state index contributed by atoms with van der Waals surface area (Å²) in [7, 11) is 3.45. The van der Waals surface area contributed by atoms with E-state index in [2.05, 4.69) is 43.0 Å². The van der Waals surface area contributed by atoms with Crippen LogP contribution in [0.5, 0.6) is 5.75 Å². The van der Waals surface area contributed by atoms with Crippen molar-refractivity contribution >= 4 is 11.9 Å². The van der Waals surface area contributed by atoms with Crippen LogP contribution in [0.4, 0.5) is 0 Å². The number of hydrogen-bond donors (Lipinski definition) is 3. The molecule has 1 aliphatic rings. The zero-order valence-electron chi connectivity index (χ0n) is 18.3. The molecule has 2 heterocycles. The number of likely N-dealkylation sites (tertiary alicyclic amines) is 1. The number of carbonyl (C=O) groups is 1. The van der Waals surface area contributed by atoms with Crippen molar-refractivity contribution in [3.05, 3.63) is 59.9 Å². The molecule has 8 nitrogen and oxygen atoms in total. The molecule has 31 heavy (non-hydrogen) atoms. The zero-order chi connectivity index (χ0) is 21.9. The van der Waals surface area contributed by atoms with Crippen molar-refractivity contribution in [1.82, 2.24) is 25.8 Å². The summed E-state index contributed by atoms with van der Waals surface area (Å²) < 4.78 is 5.42. The summed E-state index contributed by atoms with van der Waals surface area (Å²) in [5.41, 5.74) is 1.78. The molecule has 0 saturated carbocycles. The van der Waals surface area contributed by atoms with Gasteiger partial charge in [-0.15, -0.1) is 0 Å². The number of amides is 1. The lowest BCUT2D eigenvalue weighted by Gasteiger charge is -2.29. The van der Waals surface area contributed by atoms with Crippen molar-refractivity contribution in [3.63, 3.8) is 0 Å². The molecule has 1 aliphatic heterocycles. The van der Waals surface area contributed by atoms with Crippen molar-refractivity contribution in [3.8, 4) is 5.75 Å². The third-order valence-electron chi connectivity index (χ3n) is 5.37. The summed E-state index contributed by atoms with van der Waals surface area (Å²) in [6, 6.07) is 12.0. The Kier molecular flexibility index (Phi) is 8.66. The van der Waals surface area contributed by atoms with E-state index in [1.54, 1.807) is 38.7 Å². The molecular weight excluding hydrogens is 392 g/mol. The first-order valence-electron chi connectivity index (χ1n) is 10.7. The minimum Gasteiger partial charge on any atom is -0.497 e. The third-order valence-corrected chi connectivity index (χ3v) is 5.37. The first-order chi connectivity index (χ1) is 15.2. The SMILES string of the molecule is CN=C(NCCNC(=O)c1cccnc1)NCC(c1cccc(OC)c1)N1CCCC1. The molecule has 1 aromatic carbocycles. The number of guanidine groups is 1. The molecule has 3 rings (SSSR count). The number of rotatable bonds is 9. The van der Waals surface area contributed by atoms with Crippen molar-refractivity contribution in [2.45, 2.75) is 18.9 Å². The van der Waals surface area contributed by atoms with Gasteiger partial charge in [-0.05, 0) is 55.8 Å². The molecule has 0 radical (unpaired) electrons. The Morgan fingerprint density at radius 1 is 1.16 bits per heavy atom. The standard InChI is InChI=1S/C23H32N6O2/c1-24-23(27-12-11-26-22(30)19-8-6-10-25-16-19)28-17-21(29-13-3-4-14-29)18-7-5-9-20(15-18)31-2/h5-10,15-16,21H,3-4,11-14,17H2,1-2H3,(H,26,30)(H2,24,27,28). The molecule has 0 spiro atoms. The number of pyridine rings is 1. The Bertz CT molecular complexity index is 852. The number of carbonyl (C=O) groups excluding carboxylic acids is 1. The first-order valence-corrected chi connectivity index (χ1v) is 10.7. The molecular formula is C23H32N6O2. The van der Waals surface area contributed by atoms with Crippen LogP contribution < -0.4 is 20.7 Å². The smallest absolute Gasteiger partial charge is 0.252 e. The van der Waals surface area contributed by atoms with E-state index in [9.17, 15) is 4.79 Å². The molecule has 8 heteroatoms. The molecule has 1 fully saturated rings. The third kappa shape index (κ3) is 6.68. The van der Waals surface area contributed by atoms with E-state index in [1.165, 1.54) is 18.4 Å². The first kappa shape index (κ1) is 22.6. The van der Waals surface area contributed by atoms with Crippen LogP contribution in [-0.2, 0) is 0 Å². The fourth-order valence-electron chi connectivity index (χ4n) is 3.73. The number of nitrogens with one attached hydrogen (secondary N) is 3. The van der Waals surface area contributed by atoms with E-state index < -0.39 is 0 Å². The summed E-state index contributed by atoms with van der Waals surface area (Å²) in [5, 5.41) is 9.58. The number of hydrogen-bond acceptors (Lipinski definition) is 5. The summed E-state index contributed by atoms with van der Waals surface area (Å²) in [5.74, 6) is 1.45. The average Bonchev–Trinajstić information content (AvgIpc) is 3.35. The molecule has 1 unspecified atom stereocenters. The summed E-state index contributed by atoms with van der Waals surface area (Å²) in [6.45, 7) is 3.97. The van der Waals surface area contributed by atoms with E-state index in [-0.39, 0.29) is 11.9 Å². The van der Waals surface area contributed by atoms with Gasteiger partial charge in [0.2, 0.25) is 0 Å². The number of benzene rings is 1. The number of nitrogens with zero attached hydrogens (tertiary/aromatic N) is 3. The molecule has 3 N–H and O–H groups in total. The molecule has 166 valence electrons. The second-order valence-corrected chi connectivity index (χ2v) is 7.41. The largest absolute Gasteiger partial charge is 0.497 e. The van der Waals surface area contributed by atoms with Crippen LogP contribution in [0.15, 0.2) is 53.8 Å². The van der Waals surface area contributed by atoms with E-state index in [0.717, 1.165) is 25.4 Å². The maximum Gasteiger partial charge on any atom is 0.252 e. The molecule has 1 aromatic heterocycles. The van der Waals surface area contributed by atoms with Gasteiger partial charge in [0.05, 0.1) is 18.7 Å².